The Balaban J connectivity index is 1.82. The van der Waals surface area contributed by atoms with Crippen molar-refractivity contribution >= 4 is 22.4 Å². The molecule has 0 aliphatic heterocycles. The number of benzene rings is 1. The van der Waals surface area contributed by atoms with Crippen LogP contribution in [-0.4, -0.2) is 22.6 Å². The lowest BCUT2D eigenvalue weighted by Gasteiger charge is -2.12. The van der Waals surface area contributed by atoms with Crippen LogP contribution in [0.15, 0.2) is 41.2 Å². The maximum Gasteiger partial charge on any atom is 0.269 e. The van der Waals surface area contributed by atoms with Crippen molar-refractivity contribution in [3.63, 3.8) is 0 Å². The molecule has 0 atom stereocenters. The second-order valence-corrected chi connectivity index (χ2v) is 7.66. The van der Waals surface area contributed by atoms with Gasteiger partial charge in [0.25, 0.3) is 5.56 Å². The Morgan fingerprint density at radius 1 is 1.31 bits per heavy atom. The van der Waals surface area contributed by atoms with E-state index in [-0.39, 0.29) is 24.6 Å². The van der Waals surface area contributed by atoms with Crippen LogP contribution in [-0.2, 0) is 22.7 Å². The van der Waals surface area contributed by atoms with E-state index >= 15 is 0 Å². The van der Waals surface area contributed by atoms with E-state index in [2.05, 4.69) is 10.3 Å². The number of anilines is 1. The summed E-state index contributed by atoms with van der Waals surface area (Å²) < 4.78 is 6.33. The van der Waals surface area contributed by atoms with Gasteiger partial charge in [0.2, 0.25) is 5.91 Å². The minimum absolute atomic E-state index is 0.0123. The van der Waals surface area contributed by atoms with E-state index in [0.717, 1.165) is 16.1 Å². The highest BCUT2D eigenvalue weighted by Gasteiger charge is 2.17. The average molecular weight is 408 g/mol. The van der Waals surface area contributed by atoms with Crippen molar-refractivity contribution in [2.24, 2.45) is 0 Å². The molecule has 1 amide bonds. The lowest BCUT2D eigenvalue weighted by atomic mass is 10.1. The molecule has 3 aromatic rings. The second kappa shape index (κ2) is 8.82. The molecule has 0 unspecified atom stereocenters. The number of ether oxygens (including phenoxy) is 1. The van der Waals surface area contributed by atoms with Crippen LogP contribution in [0.1, 0.15) is 21.7 Å². The highest BCUT2D eigenvalue weighted by molar-refractivity contribution is 7.16. The predicted octanol–water partition coefficient (Wildman–Crippen LogP) is 3.25. The molecular formula is C21H20N4O3S. The van der Waals surface area contributed by atoms with Crippen molar-refractivity contribution < 1.29 is 9.53 Å². The third kappa shape index (κ3) is 4.42. The summed E-state index contributed by atoms with van der Waals surface area (Å²) in [5.41, 5.74) is 2.36. The molecule has 0 saturated carbocycles. The van der Waals surface area contributed by atoms with Crippen LogP contribution in [0.2, 0.25) is 0 Å². The predicted molar refractivity (Wildman–Crippen MR) is 112 cm³/mol. The Kier molecular flexibility index (Phi) is 6.22. The Morgan fingerprint density at radius 2 is 2.03 bits per heavy atom. The number of carbonyl (C=O) groups is 1. The number of nitriles is 1. The number of aromatic nitrogens is 2. The molecule has 0 saturated heterocycles. The standard InChI is InChI=1S/C21H20N4O3S/c1-13-9-16(12-28-3)17(10-22)20(27)25(13)11-18(26)23-21-24-19(14(2)29-21)15-7-5-4-6-8-15/h4-9H,11-12H2,1-3H3,(H,23,24,26). The normalized spacial score (nSPS) is 10.6. The zero-order chi connectivity index (χ0) is 21.0. The van der Waals surface area contributed by atoms with Crippen LogP contribution in [0.5, 0.6) is 0 Å². The van der Waals surface area contributed by atoms with Crippen molar-refractivity contribution in [3.8, 4) is 17.3 Å². The first kappa shape index (κ1) is 20.5. The van der Waals surface area contributed by atoms with Crippen molar-refractivity contribution in [1.29, 1.82) is 5.26 Å². The van der Waals surface area contributed by atoms with Gasteiger partial charge in [0.15, 0.2) is 5.13 Å². The third-order valence-electron chi connectivity index (χ3n) is 4.39. The van der Waals surface area contributed by atoms with E-state index in [1.54, 1.807) is 13.0 Å². The number of amides is 1. The van der Waals surface area contributed by atoms with Crippen LogP contribution in [0, 0.1) is 25.2 Å². The van der Waals surface area contributed by atoms with Crippen LogP contribution in [0.4, 0.5) is 5.13 Å². The summed E-state index contributed by atoms with van der Waals surface area (Å²) >= 11 is 1.37. The Morgan fingerprint density at radius 3 is 2.69 bits per heavy atom. The first-order valence-corrected chi connectivity index (χ1v) is 9.71. The Labute approximate surface area is 172 Å². The maximum atomic E-state index is 12.6. The molecule has 0 aliphatic carbocycles. The maximum absolute atomic E-state index is 12.6. The zero-order valence-corrected chi connectivity index (χ0v) is 17.2. The number of hydrogen-bond donors (Lipinski definition) is 1. The number of pyridine rings is 1. The summed E-state index contributed by atoms with van der Waals surface area (Å²) in [6, 6.07) is 13.3. The number of carbonyl (C=O) groups excluding carboxylic acids is 1. The average Bonchev–Trinajstić information content (AvgIpc) is 3.06. The van der Waals surface area contributed by atoms with E-state index < -0.39 is 5.56 Å². The van der Waals surface area contributed by atoms with Gasteiger partial charge in [-0.25, -0.2) is 4.98 Å². The second-order valence-electron chi connectivity index (χ2n) is 6.46. The van der Waals surface area contributed by atoms with Gasteiger partial charge in [0, 0.05) is 28.8 Å². The zero-order valence-electron chi connectivity index (χ0n) is 16.4. The van der Waals surface area contributed by atoms with Crippen molar-refractivity contribution in [3.05, 3.63) is 68.4 Å². The van der Waals surface area contributed by atoms with Crippen molar-refractivity contribution in [2.75, 3.05) is 12.4 Å². The monoisotopic (exact) mass is 408 g/mol. The molecule has 0 aliphatic rings. The first-order chi connectivity index (χ1) is 13.9. The quantitative estimate of drug-likeness (QED) is 0.675. The first-order valence-electron chi connectivity index (χ1n) is 8.89. The molecule has 0 fully saturated rings. The molecule has 2 heterocycles. The van der Waals surface area contributed by atoms with Gasteiger partial charge < -0.3 is 14.6 Å². The van der Waals surface area contributed by atoms with Crippen LogP contribution >= 0.6 is 11.3 Å². The molecule has 29 heavy (non-hydrogen) atoms. The minimum Gasteiger partial charge on any atom is -0.380 e. The number of nitrogens with zero attached hydrogens (tertiary/aromatic N) is 3. The highest BCUT2D eigenvalue weighted by Crippen LogP contribution is 2.30. The van der Waals surface area contributed by atoms with E-state index in [0.29, 0.717) is 16.4 Å². The molecule has 0 spiro atoms. The van der Waals surface area contributed by atoms with Crippen molar-refractivity contribution in [2.45, 2.75) is 27.0 Å². The van der Waals surface area contributed by atoms with Gasteiger partial charge in [0.05, 0.1) is 12.3 Å². The third-order valence-corrected chi connectivity index (χ3v) is 5.28. The minimum atomic E-state index is -0.505. The Bertz CT molecular complexity index is 1140. The summed E-state index contributed by atoms with van der Waals surface area (Å²) in [5, 5.41) is 12.5. The van der Waals surface area contributed by atoms with Crippen molar-refractivity contribution in [1.82, 2.24) is 9.55 Å². The van der Waals surface area contributed by atoms with Gasteiger partial charge in [-0.3, -0.25) is 9.59 Å². The SMILES string of the molecule is COCc1cc(C)n(CC(=O)Nc2nc(-c3ccccc3)c(C)s2)c(=O)c1C#N. The lowest BCUT2D eigenvalue weighted by Crippen LogP contribution is -2.31. The molecule has 2 aromatic heterocycles. The molecule has 1 N–H and O–H groups in total. The van der Waals surface area contributed by atoms with Crippen LogP contribution in [0.25, 0.3) is 11.3 Å². The van der Waals surface area contributed by atoms with E-state index in [1.807, 2.05) is 43.3 Å². The molecule has 0 bridgehead atoms. The number of nitrogens with one attached hydrogen (secondary N) is 1. The number of hydrogen-bond acceptors (Lipinski definition) is 6. The lowest BCUT2D eigenvalue weighted by molar-refractivity contribution is -0.116. The number of thiazole rings is 1. The summed E-state index contributed by atoms with van der Waals surface area (Å²) in [5.74, 6) is -0.382. The van der Waals surface area contributed by atoms with Gasteiger partial charge in [-0.2, -0.15) is 5.26 Å². The largest absolute Gasteiger partial charge is 0.380 e. The summed E-state index contributed by atoms with van der Waals surface area (Å²) in [6.07, 6.45) is 0. The number of aryl methyl sites for hydroxylation is 2. The van der Waals surface area contributed by atoms with Gasteiger partial charge in [0.1, 0.15) is 18.2 Å². The summed E-state index contributed by atoms with van der Waals surface area (Å²) in [4.78, 5) is 30.7. The topological polar surface area (TPSA) is 97.0 Å². The molecule has 0 radical (unpaired) electrons. The fraction of sp³-hybridized carbons (Fsp3) is 0.238. The smallest absolute Gasteiger partial charge is 0.269 e. The fourth-order valence-corrected chi connectivity index (χ4v) is 3.89. The fourth-order valence-electron chi connectivity index (χ4n) is 3.04. The van der Waals surface area contributed by atoms with Crippen LogP contribution < -0.4 is 10.9 Å². The number of rotatable bonds is 6. The Hall–Kier alpha value is -3.28. The van der Waals surface area contributed by atoms with E-state index in [9.17, 15) is 14.9 Å². The molecule has 8 heteroatoms. The molecule has 3 rings (SSSR count). The molecular weight excluding hydrogens is 388 g/mol. The van der Waals surface area contributed by atoms with Gasteiger partial charge >= 0.3 is 0 Å². The van der Waals surface area contributed by atoms with Gasteiger partial charge in [-0.15, -0.1) is 11.3 Å². The van der Waals surface area contributed by atoms with Crippen LogP contribution in [0.3, 0.4) is 0 Å². The number of methoxy groups -OCH3 is 1. The summed E-state index contributed by atoms with van der Waals surface area (Å²) in [7, 11) is 1.50. The van der Waals surface area contributed by atoms with E-state index in [4.69, 9.17) is 4.74 Å². The molecule has 148 valence electrons. The van der Waals surface area contributed by atoms with E-state index in [1.165, 1.54) is 23.0 Å². The highest BCUT2D eigenvalue weighted by atomic mass is 32.1. The molecule has 1 aromatic carbocycles. The van der Waals surface area contributed by atoms with Gasteiger partial charge in [-0.05, 0) is 19.9 Å². The molecule has 7 nitrogen and oxygen atoms in total. The van der Waals surface area contributed by atoms with Gasteiger partial charge in [-0.1, -0.05) is 30.3 Å². The summed E-state index contributed by atoms with van der Waals surface area (Å²) in [6.45, 7) is 3.62.